The van der Waals surface area contributed by atoms with Gasteiger partial charge in [0.2, 0.25) is 35.6 Å². The maximum absolute atomic E-state index is 13.4. The number of fused-ring (bicyclic) bond motifs is 3. The first-order valence-corrected chi connectivity index (χ1v) is 56.1. The number of anilines is 3. The summed E-state index contributed by atoms with van der Waals surface area (Å²) >= 11 is 0. The lowest BCUT2D eigenvalue weighted by Gasteiger charge is -2.37. The number of carbonyl (C=O) groups excluding carboxylic acids is 6. The topological polar surface area (TPSA) is 417 Å². The quantitative estimate of drug-likeness (QED) is 0.0161. The van der Waals surface area contributed by atoms with Crippen molar-refractivity contribution in [3.8, 4) is 34.7 Å². The van der Waals surface area contributed by atoms with Crippen molar-refractivity contribution in [2.45, 2.75) is 221 Å². The summed E-state index contributed by atoms with van der Waals surface area (Å²) in [6.45, 7) is 6.38. The molecule has 9 aromatic rings. The summed E-state index contributed by atoms with van der Waals surface area (Å²) in [5.74, 6) is 6.45. The summed E-state index contributed by atoms with van der Waals surface area (Å²) in [5, 5.41) is 16.3. The Kier molecular flexibility index (Phi) is 35.1. The van der Waals surface area contributed by atoms with E-state index in [1.54, 1.807) is 25.6 Å². The van der Waals surface area contributed by atoms with E-state index in [0.29, 0.717) is 165 Å². The molecule has 10 heterocycles. The highest BCUT2D eigenvalue weighted by Gasteiger charge is 2.51. The van der Waals surface area contributed by atoms with Gasteiger partial charge in [0.1, 0.15) is 94.1 Å². The van der Waals surface area contributed by atoms with Gasteiger partial charge in [0.15, 0.2) is 0 Å². The van der Waals surface area contributed by atoms with E-state index in [1.165, 1.54) is 18.8 Å². The molecule has 36 nitrogen and oxygen atoms in total. The molecule has 4 aliphatic carbocycles. The summed E-state index contributed by atoms with van der Waals surface area (Å²) < 4.78 is 110. The number of likely N-dealkylation sites (N-methyl/N-ethyl adjacent to an activating group) is 2. The van der Waals surface area contributed by atoms with Crippen molar-refractivity contribution < 1.29 is 82.4 Å². The Morgan fingerprint density at radius 2 is 0.764 bits per heavy atom. The lowest BCUT2D eigenvalue weighted by atomic mass is 9.85. The number of ether oxygens (including phenoxy) is 6. The molecule has 3 aromatic carbocycles. The van der Waals surface area contributed by atoms with E-state index in [-0.39, 0.29) is 113 Å². The molecular formula is C101H138N18O18S3. The highest BCUT2D eigenvalue weighted by molar-refractivity contribution is 7.91. The minimum atomic E-state index is -3.02. The summed E-state index contributed by atoms with van der Waals surface area (Å²) in [6.07, 6.45) is 35.0. The molecule has 3 amide bonds. The predicted octanol–water partition coefficient (Wildman–Crippen LogP) is 11.4. The number of piperidine rings is 4. The first kappa shape index (κ1) is 103. The summed E-state index contributed by atoms with van der Waals surface area (Å²) in [7, 11) is -1.40. The van der Waals surface area contributed by atoms with Crippen LogP contribution in [0.3, 0.4) is 0 Å². The van der Waals surface area contributed by atoms with Gasteiger partial charge in [-0.05, 0) is 230 Å². The van der Waals surface area contributed by atoms with Gasteiger partial charge in [0.25, 0.3) is 0 Å². The molecule has 4 saturated carbocycles. The second kappa shape index (κ2) is 47.6. The molecule has 0 radical (unpaired) electrons. The minimum absolute atomic E-state index is 0.0115. The average molecular weight is 1990 g/mol. The Morgan fingerprint density at radius 3 is 1.09 bits per heavy atom. The number of esters is 3. The number of rotatable bonds is 36. The van der Waals surface area contributed by atoms with Crippen LogP contribution >= 0.6 is 0 Å². The molecule has 140 heavy (non-hydrogen) atoms. The van der Waals surface area contributed by atoms with Crippen LogP contribution in [-0.4, -0.2) is 313 Å². The van der Waals surface area contributed by atoms with Crippen LogP contribution in [0.25, 0.3) is 50.2 Å². The Bertz CT molecular complexity index is 6090. The first-order chi connectivity index (χ1) is 67.3. The molecule has 8 fully saturated rings. The van der Waals surface area contributed by atoms with Gasteiger partial charge in [-0.2, -0.15) is 15.0 Å². The summed E-state index contributed by atoms with van der Waals surface area (Å²) in [5.41, 5.74) is 2.30. The summed E-state index contributed by atoms with van der Waals surface area (Å²) in [4.78, 5) is 115. The van der Waals surface area contributed by atoms with Crippen molar-refractivity contribution in [1.29, 1.82) is 0 Å². The van der Waals surface area contributed by atoms with Crippen LogP contribution < -0.4 is 35.5 Å². The zero-order chi connectivity index (χ0) is 98.7. The highest BCUT2D eigenvalue weighted by Crippen LogP contribution is 2.40. The van der Waals surface area contributed by atoms with Crippen LogP contribution in [-0.2, 0) is 72.5 Å². The molecule has 0 spiro atoms. The zero-order valence-corrected chi connectivity index (χ0v) is 84.2. The van der Waals surface area contributed by atoms with E-state index in [1.807, 2.05) is 164 Å². The molecule has 4 saturated heterocycles. The lowest BCUT2D eigenvalue weighted by Crippen LogP contribution is -2.47. The van der Waals surface area contributed by atoms with E-state index in [2.05, 4.69) is 41.1 Å². The number of likely N-dealkylation sites (tertiary alicyclic amines) is 4. The molecule has 39 heteroatoms. The van der Waals surface area contributed by atoms with Gasteiger partial charge < -0.3 is 83.0 Å². The zero-order valence-electron chi connectivity index (χ0n) is 81.7. The Morgan fingerprint density at radius 1 is 0.421 bits per heavy atom. The number of nitrogens with one attached hydrogen (secondary N) is 4. The third-order valence-corrected chi connectivity index (χ3v) is 31.4. The fourth-order valence-electron chi connectivity index (χ4n) is 20.0. The highest BCUT2D eigenvalue weighted by atomic mass is 32.2. The largest absolute Gasteiger partial charge is 0.493 e. The molecule has 8 aliphatic rings. The van der Waals surface area contributed by atoms with Gasteiger partial charge >= 0.3 is 17.9 Å². The molecule has 0 unspecified atom stereocenters. The first-order valence-electron chi connectivity index (χ1n) is 49.9. The fourth-order valence-corrected chi connectivity index (χ4v) is 22.0. The molecule has 0 bridgehead atoms. The van der Waals surface area contributed by atoms with Gasteiger partial charge in [-0.25, -0.2) is 40.2 Å². The lowest BCUT2D eigenvalue weighted by molar-refractivity contribution is -0.160. The van der Waals surface area contributed by atoms with Crippen molar-refractivity contribution in [2.75, 3.05) is 152 Å². The van der Waals surface area contributed by atoms with Crippen molar-refractivity contribution in [2.24, 2.45) is 17.8 Å². The number of sulfone groups is 3. The normalized spacial score (nSPS) is 21.3. The van der Waals surface area contributed by atoms with Crippen LogP contribution in [0.1, 0.15) is 173 Å². The number of carbonyl (C=O) groups is 6. The molecule has 4 aliphatic heterocycles. The third-order valence-electron chi connectivity index (χ3n) is 28.3. The van der Waals surface area contributed by atoms with E-state index in [9.17, 15) is 54.0 Å². The number of amides is 3. The van der Waals surface area contributed by atoms with Gasteiger partial charge in [-0.1, -0.05) is 24.6 Å². The summed E-state index contributed by atoms with van der Waals surface area (Å²) in [6, 6.07) is 29.3. The Hall–Kier alpha value is -11.1. The van der Waals surface area contributed by atoms with Gasteiger partial charge in [-0.3, -0.25) is 33.7 Å². The number of nitrogens with zero attached hydrogens (tertiary/aromatic N) is 14. The molecule has 758 valence electrons. The maximum Gasteiger partial charge on any atom is 0.326 e. The van der Waals surface area contributed by atoms with Crippen LogP contribution in [0.4, 0.5) is 17.8 Å². The van der Waals surface area contributed by atoms with E-state index in [4.69, 9.17) is 43.4 Å². The second-order valence-electron chi connectivity index (χ2n) is 39.2. The number of benzene rings is 3. The van der Waals surface area contributed by atoms with E-state index < -0.39 is 35.1 Å². The Balaban J connectivity index is 0.000000159. The molecule has 4 N–H and O–H groups in total. The van der Waals surface area contributed by atoms with Gasteiger partial charge in [0, 0.05) is 192 Å². The average Bonchev–Trinajstić information content (AvgIpc) is 1.74. The number of aromatic nitrogens is 9. The smallest absolute Gasteiger partial charge is 0.326 e. The second-order valence-corrected chi connectivity index (χ2v) is 46.0. The molecular weight excluding hydrogens is 1850 g/mol. The monoisotopic (exact) mass is 1990 g/mol. The molecule has 17 rings (SSSR count). The van der Waals surface area contributed by atoms with E-state index >= 15 is 0 Å². The van der Waals surface area contributed by atoms with Crippen LogP contribution in [0, 0.1) is 17.8 Å². The number of hydrogen-bond acceptors (Lipinski definition) is 30. The van der Waals surface area contributed by atoms with Crippen molar-refractivity contribution >= 4 is 116 Å². The van der Waals surface area contributed by atoms with Crippen molar-refractivity contribution in [3.05, 3.63) is 128 Å². The van der Waals surface area contributed by atoms with Crippen LogP contribution in [0.2, 0.25) is 0 Å². The van der Waals surface area contributed by atoms with E-state index in [0.717, 1.165) is 166 Å². The Labute approximate surface area is 821 Å². The van der Waals surface area contributed by atoms with Crippen LogP contribution in [0.15, 0.2) is 128 Å². The predicted molar refractivity (Wildman–Crippen MR) is 536 cm³/mol. The fraction of sp³-hybridized carbons (Fsp3) is 0.584. The third kappa shape index (κ3) is 28.4. The molecule has 1 atom stereocenters. The van der Waals surface area contributed by atoms with Crippen molar-refractivity contribution in [3.63, 3.8) is 0 Å². The van der Waals surface area contributed by atoms with Gasteiger partial charge in [0.05, 0.1) is 60.1 Å². The van der Waals surface area contributed by atoms with Crippen molar-refractivity contribution in [1.82, 2.24) is 73.4 Å². The SMILES string of the molecule is CN(C)CCC(=O)OC1CCN(C(=O)C2CCC(Nc3nccc(-n4ccc5c(OCCCS(C)(=O)=O)cccc54)n3)CC2)CC1.CN1CCCC[C@H]1C(=O)OC1CCN(C(=O)C2CCC(Nc3nccc(-n4ccc5c(OCCCS(C)(=O)=O)cccc54)n3)CC2)CC1.CNC1(C(=O)OC2CCN(C(=O)C3CCC(Nc4nccc(-n5ccc6c(OCCCS(C)(=O)=O)cccc65)n4)CC3)CC2)CC1. The minimum Gasteiger partial charge on any atom is -0.493 e. The van der Waals surface area contributed by atoms with Gasteiger partial charge in [-0.15, -0.1) is 0 Å². The molecule has 6 aromatic heterocycles. The number of hydrogen-bond donors (Lipinski definition) is 4. The standard InChI is InChI=1S/C35H48N6O6S.C33H44N6O6S.C33H46N6O6S/c1-39-19-4-3-7-30(39)34(43)47-27-15-20-40(21-16-27)33(42)25-10-12-26(13-11-25)37-35-36-18-14-32(38-35)41-22-17-28-29(41)8-5-9-31(28)46-23-6-24-48(2,44)45;1-34-33(15-16-33)31(41)45-25-12-18-38(19-13-25)30(40)23-7-9-24(10-8-23)36-32-35-17-11-29(37-32)39-20-14-26-27(39)5-3-6-28(26)44-21-4-22-46(2,42)43;1-37(2)18-16-31(40)45-26-13-19-38(20-14-26)32(41)24-8-10-25(11-9-24)35-33-34-17-12-30(36-33)39-21-15-27-28(39)6-4-7-29(27)44-22-5-23-46(3,42)43/h5,8-9,14,17-18,22,25-27,30H,3-4,6-7,10-13,15-16,19-21,23-24H2,1-2H3,(H,36,37,38);3,5-6,11,14,17,20,23-25,34H,4,7-10,12-13,15-16,18-19,21-22H2,1-2H3,(H,35,36,37);4,6-7,12,15,17,21,24-26H,5,8-11,13-14,16,18-20,22-23H2,1-3H3,(H,34,35,36)/t25?,26?,30-;;/m0../s1. The van der Waals surface area contributed by atoms with Crippen LogP contribution in [0.5, 0.6) is 17.2 Å². The maximum atomic E-state index is 13.4.